The number of nitrogens with one attached hydrogen (secondary N) is 1. The highest BCUT2D eigenvalue weighted by molar-refractivity contribution is 5.60. The zero-order valence-corrected chi connectivity index (χ0v) is 5.51. The Hall–Kier alpha value is -0.370. The van der Waals surface area contributed by atoms with Crippen LogP contribution in [0.4, 0.5) is 0 Å². The molecule has 1 saturated heterocycles. The molecule has 2 heteroatoms. The van der Waals surface area contributed by atoms with Crippen LogP contribution in [-0.2, 0) is 0 Å². The summed E-state index contributed by atoms with van der Waals surface area (Å²) in [6.45, 7) is 2.35. The molecule has 0 bridgehead atoms. The van der Waals surface area contributed by atoms with E-state index in [0.29, 0.717) is 6.04 Å². The van der Waals surface area contributed by atoms with Gasteiger partial charge in [-0.15, -0.1) is 0 Å². The van der Waals surface area contributed by atoms with E-state index >= 15 is 0 Å². The zero-order valence-electron chi connectivity index (χ0n) is 5.51. The van der Waals surface area contributed by atoms with Crippen LogP contribution in [0.2, 0.25) is 0 Å². The van der Waals surface area contributed by atoms with Crippen molar-refractivity contribution in [2.24, 2.45) is 10.9 Å². The van der Waals surface area contributed by atoms with Gasteiger partial charge in [-0.1, -0.05) is 0 Å². The van der Waals surface area contributed by atoms with Gasteiger partial charge in [0.25, 0.3) is 0 Å². The number of rotatable bonds is 0. The van der Waals surface area contributed by atoms with Gasteiger partial charge in [0.15, 0.2) is 0 Å². The highest BCUT2D eigenvalue weighted by Gasteiger charge is 2.26. The summed E-state index contributed by atoms with van der Waals surface area (Å²) in [5.74, 6) is 0.832. The Labute approximate surface area is 55.4 Å². The number of nitrogens with zero attached hydrogens (tertiary/aromatic N) is 1. The van der Waals surface area contributed by atoms with Gasteiger partial charge in [0.05, 0.1) is 6.04 Å². The van der Waals surface area contributed by atoms with Crippen molar-refractivity contribution in [3.8, 4) is 0 Å². The molecule has 0 aromatic heterocycles. The summed E-state index contributed by atoms with van der Waals surface area (Å²) in [6, 6.07) is 0.672. The first-order valence-electron chi connectivity index (χ1n) is 3.69. The smallest absolute Gasteiger partial charge is 0.0551 e. The van der Waals surface area contributed by atoms with Crippen molar-refractivity contribution in [2.75, 3.05) is 13.1 Å². The summed E-state index contributed by atoms with van der Waals surface area (Å²) in [5.41, 5.74) is 0. The molecule has 2 aliphatic heterocycles. The molecule has 0 spiro atoms. The second-order valence-electron chi connectivity index (χ2n) is 2.89. The summed E-state index contributed by atoms with van der Waals surface area (Å²) in [6.07, 6.45) is 4.54. The second kappa shape index (κ2) is 2.10. The van der Waals surface area contributed by atoms with Gasteiger partial charge in [0, 0.05) is 6.54 Å². The molecule has 0 saturated carbocycles. The van der Waals surface area contributed by atoms with E-state index in [2.05, 4.69) is 16.5 Å². The van der Waals surface area contributed by atoms with Crippen LogP contribution in [0.5, 0.6) is 0 Å². The standard InChI is InChI=1S/C7H12N2/c1-4-9-7-2-3-8-5-6(1)7/h4,6-8H,1-3,5H2. The van der Waals surface area contributed by atoms with E-state index in [1.54, 1.807) is 0 Å². The van der Waals surface area contributed by atoms with Crippen molar-refractivity contribution >= 4 is 6.21 Å². The van der Waals surface area contributed by atoms with E-state index in [1.165, 1.54) is 25.9 Å². The summed E-state index contributed by atoms with van der Waals surface area (Å²) in [4.78, 5) is 4.39. The van der Waals surface area contributed by atoms with E-state index in [0.717, 1.165) is 5.92 Å². The quantitative estimate of drug-likeness (QED) is 0.498. The highest BCUT2D eigenvalue weighted by Crippen LogP contribution is 2.21. The number of hydrogen-bond acceptors (Lipinski definition) is 2. The fraction of sp³-hybridized carbons (Fsp3) is 0.857. The predicted molar refractivity (Wildman–Crippen MR) is 37.9 cm³/mol. The maximum absolute atomic E-state index is 4.39. The van der Waals surface area contributed by atoms with Gasteiger partial charge >= 0.3 is 0 Å². The first-order valence-corrected chi connectivity index (χ1v) is 3.69. The normalized spacial score (nSPS) is 40.9. The monoisotopic (exact) mass is 124 g/mol. The summed E-state index contributed by atoms with van der Waals surface area (Å²) in [7, 11) is 0. The van der Waals surface area contributed by atoms with Gasteiger partial charge < -0.3 is 5.32 Å². The molecular formula is C7H12N2. The van der Waals surface area contributed by atoms with Crippen molar-refractivity contribution in [3.05, 3.63) is 0 Å². The molecule has 0 aromatic carbocycles. The first kappa shape index (κ1) is 5.42. The third-order valence-corrected chi connectivity index (χ3v) is 2.27. The lowest BCUT2D eigenvalue weighted by Gasteiger charge is -2.23. The van der Waals surface area contributed by atoms with Crippen LogP contribution in [-0.4, -0.2) is 25.3 Å². The average molecular weight is 124 g/mol. The van der Waals surface area contributed by atoms with Gasteiger partial charge in [-0.2, -0.15) is 0 Å². The average Bonchev–Trinajstić information content (AvgIpc) is 2.33. The van der Waals surface area contributed by atoms with E-state index in [9.17, 15) is 0 Å². The van der Waals surface area contributed by atoms with Crippen molar-refractivity contribution in [1.29, 1.82) is 0 Å². The minimum atomic E-state index is 0.672. The van der Waals surface area contributed by atoms with Gasteiger partial charge in [0.1, 0.15) is 0 Å². The molecule has 2 aliphatic rings. The third kappa shape index (κ3) is 0.874. The number of aliphatic imine (C=N–C) groups is 1. The lowest BCUT2D eigenvalue weighted by Crippen LogP contribution is -2.36. The first-order chi connectivity index (χ1) is 4.47. The van der Waals surface area contributed by atoms with Crippen molar-refractivity contribution in [3.63, 3.8) is 0 Å². The zero-order chi connectivity index (χ0) is 6.10. The number of hydrogen-bond donors (Lipinski definition) is 1. The Bertz CT molecular complexity index is 131. The van der Waals surface area contributed by atoms with Crippen LogP contribution in [0.1, 0.15) is 12.8 Å². The Morgan fingerprint density at radius 3 is 3.44 bits per heavy atom. The maximum Gasteiger partial charge on any atom is 0.0551 e. The molecule has 2 atom stereocenters. The van der Waals surface area contributed by atoms with Crippen molar-refractivity contribution < 1.29 is 0 Å². The molecular weight excluding hydrogens is 112 g/mol. The Morgan fingerprint density at radius 1 is 1.56 bits per heavy atom. The van der Waals surface area contributed by atoms with E-state index in [1.807, 2.05) is 0 Å². The van der Waals surface area contributed by atoms with E-state index in [-0.39, 0.29) is 0 Å². The molecule has 0 radical (unpaired) electrons. The molecule has 9 heavy (non-hydrogen) atoms. The topological polar surface area (TPSA) is 24.4 Å². The van der Waals surface area contributed by atoms with Gasteiger partial charge in [-0.3, -0.25) is 4.99 Å². The Morgan fingerprint density at radius 2 is 2.56 bits per heavy atom. The molecule has 1 N–H and O–H groups in total. The number of piperidine rings is 1. The van der Waals surface area contributed by atoms with Crippen LogP contribution in [0.15, 0.2) is 4.99 Å². The van der Waals surface area contributed by atoms with Crippen LogP contribution < -0.4 is 5.32 Å². The van der Waals surface area contributed by atoms with Crippen molar-refractivity contribution in [2.45, 2.75) is 18.9 Å². The maximum atomic E-state index is 4.39. The molecule has 0 amide bonds. The Kier molecular flexibility index (Phi) is 1.27. The van der Waals surface area contributed by atoms with Gasteiger partial charge in [-0.25, -0.2) is 0 Å². The molecule has 0 aromatic rings. The molecule has 0 aliphatic carbocycles. The summed E-state index contributed by atoms with van der Waals surface area (Å²) < 4.78 is 0. The molecule has 2 rings (SSSR count). The summed E-state index contributed by atoms with van der Waals surface area (Å²) in [5, 5.41) is 3.38. The van der Waals surface area contributed by atoms with Crippen LogP contribution in [0, 0.1) is 5.92 Å². The molecule has 2 nitrogen and oxygen atoms in total. The van der Waals surface area contributed by atoms with Crippen LogP contribution >= 0.6 is 0 Å². The fourth-order valence-corrected chi connectivity index (χ4v) is 1.68. The lowest BCUT2D eigenvalue weighted by molar-refractivity contribution is 0.356. The lowest BCUT2D eigenvalue weighted by atomic mass is 9.94. The molecule has 2 heterocycles. The van der Waals surface area contributed by atoms with Crippen LogP contribution in [0.3, 0.4) is 0 Å². The second-order valence-corrected chi connectivity index (χ2v) is 2.89. The number of fused-ring (bicyclic) bond motifs is 1. The molecule has 1 fully saturated rings. The third-order valence-electron chi connectivity index (χ3n) is 2.27. The minimum Gasteiger partial charge on any atom is -0.316 e. The van der Waals surface area contributed by atoms with Gasteiger partial charge in [0.2, 0.25) is 0 Å². The molecule has 2 unspecified atom stereocenters. The van der Waals surface area contributed by atoms with Gasteiger partial charge in [-0.05, 0) is 31.5 Å². The summed E-state index contributed by atoms with van der Waals surface area (Å²) >= 11 is 0. The van der Waals surface area contributed by atoms with Crippen LogP contribution in [0.25, 0.3) is 0 Å². The minimum absolute atomic E-state index is 0.672. The fourth-order valence-electron chi connectivity index (χ4n) is 1.68. The van der Waals surface area contributed by atoms with E-state index < -0.39 is 0 Å². The van der Waals surface area contributed by atoms with Crippen molar-refractivity contribution in [1.82, 2.24) is 5.32 Å². The molecule has 50 valence electrons. The largest absolute Gasteiger partial charge is 0.316 e. The predicted octanol–water partition coefficient (Wildman–Crippen LogP) is 0.439. The highest BCUT2D eigenvalue weighted by atomic mass is 14.9. The van der Waals surface area contributed by atoms with E-state index in [4.69, 9.17) is 0 Å². The SMILES string of the molecule is C1=NC2CCNCC2C1. The Balaban J connectivity index is 2.03.